The van der Waals surface area contributed by atoms with Crippen molar-refractivity contribution in [2.45, 2.75) is 0 Å². The Morgan fingerprint density at radius 2 is 1.52 bits per heavy atom. The van der Waals surface area contributed by atoms with E-state index in [4.69, 9.17) is 10.2 Å². The summed E-state index contributed by atoms with van der Waals surface area (Å²) < 4.78 is 5.98. The van der Waals surface area contributed by atoms with Crippen LogP contribution in [0, 0.1) is 0 Å². The Balaban J connectivity index is 1.71. The number of furan rings is 1. The number of benzene rings is 4. The van der Waals surface area contributed by atoms with Crippen LogP contribution in [-0.2, 0) is 0 Å². The molecule has 0 unspecified atom stereocenters. The molecule has 0 aliphatic carbocycles. The highest BCUT2D eigenvalue weighted by Gasteiger charge is 2.13. The van der Waals surface area contributed by atoms with E-state index in [2.05, 4.69) is 53.5 Å². The topological polar surface area (TPSA) is 55.0 Å². The molecule has 3 heteroatoms. The van der Waals surface area contributed by atoms with E-state index in [9.17, 15) is 0 Å². The molecule has 6 aromatic rings. The zero-order chi connectivity index (χ0) is 18.0. The van der Waals surface area contributed by atoms with Gasteiger partial charge < -0.3 is 15.1 Å². The Morgan fingerprint density at radius 3 is 2.48 bits per heavy atom. The molecule has 3 nitrogen and oxygen atoms in total. The van der Waals surface area contributed by atoms with E-state index in [0.717, 1.165) is 44.0 Å². The van der Waals surface area contributed by atoms with E-state index < -0.39 is 0 Å². The summed E-state index contributed by atoms with van der Waals surface area (Å²) in [4.78, 5) is 3.47. The first kappa shape index (κ1) is 14.4. The molecule has 3 N–H and O–H groups in total. The fourth-order valence-electron chi connectivity index (χ4n) is 4.13. The highest BCUT2D eigenvalue weighted by molar-refractivity contribution is 6.17. The summed E-state index contributed by atoms with van der Waals surface area (Å²) in [5, 5.41) is 4.63. The molecule has 0 atom stereocenters. The number of para-hydroxylation sites is 2. The molecule has 0 amide bonds. The van der Waals surface area contributed by atoms with Crippen molar-refractivity contribution in [1.29, 1.82) is 0 Å². The number of aromatic amines is 1. The number of nitrogens with two attached hydrogens (primary N) is 1. The van der Waals surface area contributed by atoms with Crippen LogP contribution in [0.3, 0.4) is 0 Å². The maximum Gasteiger partial charge on any atom is 0.135 e. The summed E-state index contributed by atoms with van der Waals surface area (Å²) in [6.45, 7) is 0. The van der Waals surface area contributed by atoms with E-state index in [1.807, 2.05) is 30.3 Å². The average Bonchev–Trinajstić information content (AvgIpc) is 3.26. The molecule has 0 radical (unpaired) electrons. The van der Waals surface area contributed by atoms with Gasteiger partial charge in [0.05, 0.1) is 11.2 Å². The molecule has 128 valence electrons. The Morgan fingerprint density at radius 1 is 0.704 bits per heavy atom. The molecule has 27 heavy (non-hydrogen) atoms. The van der Waals surface area contributed by atoms with Crippen molar-refractivity contribution < 1.29 is 4.42 Å². The SMILES string of the molecule is Nc1cccc2c1[nH]c1cccc(-c3ccc4oc5ccccc5c4c3)c12. The van der Waals surface area contributed by atoms with Crippen LogP contribution in [0.25, 0.3) is 54.9 Å². The van der Waals surface area contributed by atoms with Crippen LogP contribution in [-0.4, -0.2) is 4.98 Å². The second-order valence-electron chi connectivity index (χ2n) is 6.93. The van der Waals surface area contributed by atoms with Crippen molar-refractivity contribution in [3.05, 3.63) is 78.9 Å². The predicted octanol–water partition coefficient (Wildman–Crippen LogP) is 6.47. The molecule has 0 aliphatic heterocycles. The highest BCUT2D eigenvalue weighted by Crippen LogP contribution is 2.38. The standard InChI is InChI=1S/C24H16N2O/c25-19-8-3-7-17-23-15(6-4-9-20(23)26-24(17)19)14-11-12-22-18(13-14)16-5-1-2-10-21(16)27-22/h1-13,26H,25H2. The minimum absolute atomic E-state index is 0.769. The van der Waals surface area contributed by atoms with Gasteiger partial charge in [0, 0.05) is 27.1 Å². The average molecular weight is 348 g/mol. The number of H-pyrrole nitrogens is 1. The summed E-state index contributed by atoms with van der Waals surface area (Å²) in [5.41, 5.74) is 13.2. The van der Waals surface area contributed by atoms with Crippen molar-refractivity contribution in [3.63, 3.8) is 0 Å². The molecule has 6 rings (SSSR count). The molecule has 0 fully saturated rings. The normalized spacial score (nSPS) is 11.9. The van der Waals surface area contributed by atoms with Crippen LogP contribution < -0.4 is 5.73 Å². The van der Waals surface area contributed by atoms with Crippen LogP contribution in [0.1, 0.15) is 0 Å². The number of rotatable bonds is 1. The molecule has 0 saturated carbocycles. The molecule has 0 bridgehead atoms. The lowest BCUT2D eigenvalue weighted by Gasteiger charge is -2.05. The van der Waals surface area contributed by atoms with Crippen molar-refractivity contribution in [2.24, 2.45) is 0 Å². The summed E-state index contributed by atoms with van der Waals surface area (Å²) in [6, 6.07) is 27.0. The Bertz CT molecular complexity index is 1490. The van der Waals surface area contributed by atoms with Gasteiger partial charge in [-0.3, -0.25) is 0 Å². The molecule has 2 heterocycles. The number of hydrogen-bond donors (Lipinski definition) is 2. The number of nitrogens with one attached hydrogen (secondary N) is 1. The maximum atomic E-state index is 6.19. The smallest absolute Gasteiger partial charge is 0.135 e. The number of nitrogen functional groups attached to an aromatic ring is 1. The van der Waals surface area contributed by atoms with E-state index >= 15 is 0 Å². The molecule has 4 aromatic carbocycles. The van der Waals surface area contributed by atoms with Gasteiger partial charge in [-0.05, 0) is 41.5 Å². The van der Waals surface area contributed by atoms with Gasteiger partial charge in [0.25, 0.3) is 0 Å². The van der Waals surface area contributed by atoms with Gasteiger partial charge in [-0.1, -0.05) is 48.5 Å². The highest BCUT2D eigenvalue weighted by atomic mass is 16.3. The molecule has 2 aromatic heterocycles. The summed E-state index contributed by atoms with van der Waals surface area (Å²) in [7, 11) is 0. The molecular weight excluding hydrogens is 332 g/mol. The fraction of sp³-hybridized carbons (Fsp3) is 0. The van der Waals surface area contributed by atoms with Gasteiger partial charge in [-0.25, -0.2) is 0 Å². The van der Waals surface area contributed by atoms with Crippen LogP contribution in [0.5, 0.6) is 0 Å². The zero-order valence-electron chi connectivity index (χ0n) is 14.5. The van der Waals surface area contributed by atoms with Crippen LogP contribution in [0.4, 0.5) is 5.69 Å². The first-order chi connectivity index (χ1) is 13.3. The summed E-state index contributed by atoms with van der Waals surface area (Å²) in [6.07, 6.45) is 0. The third kappa shape index (κ3) is 1.97. The van der Waals surface area contributed by atoms with Gasteiger partial charge in [0.2, 0.25) is 0 Å². The summed E-state index contributed by atoms with van der Waals surface area (Å²) >= 11 is 0. The number of hydrogen-bond acceptors (Lipinski definition) is 2. The van der Waals surface area contributed by atoms with Gasteiger partial charge in [-0.15, -0.1) is 0 Å². The number of aromatic nitrogens is 1. The first-order valence-corrected chi connectivity index (χ1v) is 9.00. The minimum Gasteiger partial charge on any atom is -0.456 e. The van der Waals surface area contributed by atoms with Crippen molar-refractivity contribution in [2.75, 3.05) is 5.73 Å². The van der Waals surface area contributed by atoms with Gasteiger partial charge >= 0.3 is 0 Å². The van der Waals surface area contributed by atoms with Crippen LogP contribution in [0.15, 0.2) is 83.3 Å². The van der Waals surface area contributed by atoms with E-state index in [1.165, 1.54) is 16.5 Å². The van der Waals surface area contributed by atoms with Crippen LogP contribution >= 0.6 is 0 Å². The zero-order valence-corrected chi connectivity index (χ0v) is 14.5. The second-order valence-corrected chi connectivity index (χ2v) is 6.93. The third-order valence-corrected chi connectivity index (χ3v) is 5.38. The van der Waals surface area contributed by atoms with Crippen LogP contribution in [0.2, 0.25) is 0 Å². The Labute approximate surface area is 155 Å². The van der Waals surface area contributed by atoms with Crippen molar-refractivity contribution in [3.8, 4) is 11.1 Å². The second kappa shape index (κ2) is 5.15. The minimum atomic E-state index is 0.769. The third-order valence-electron chi connectivity index (χ3n) is 5.38. The van der Waals surface area contributed by atoms with E-state index in [1.54, 1.807) is 0 Å². The number of fused-ring (bicyclic) bond motifs is 6. The van der Waals surface area contributed by atoms with Gasteiger partial charge in [0.15, 0.2) is 0 Å². The van der Waals surface area contributed by atoms with E-state index in [-0.39, 0.29) is 0 Å². The summed E-state index contributed by atoms with van der Waals surface area (Å²) in [5.74, 6) is 0. The van der Waals surface area contributed by atoms with Gasteiger partial charge in [-0.2, -0.15) is 0 Å². The molecule has 0 spiro atoms. The molecular formula is C24H16N2O. The largest absolute Gasteiger partial charge is 0.456 e. The molecule has 0 aliphatic rings. The van der Waals surface area contributed by atoms with Gasteiger partial charge in [0.1, 0.15) is 11.2 Å². The monoisotopic (exact) mass is 348 g/mol. The predicted molar refractivity (Wildman–Crippen MR) is 113 cm³/mol. The fourth-order valence-corrected chi connectivity index (χ4v) is 4.13. The van der Waals surface area contributed by atoms with Crippen molar-refractivity contribution >= 4 is 49.4 Å². The Kier molecular flexibility index (Phi) is 2.75. The lowest BCUT2D eigenvalue weighted by molar-refractivity contribution is 0.669. The lowest BCUT2D eigenvalue weighted by atomic mass is 9.98. The van der Waals surface area contributed by atoms with Crippen molar-refractivity contribution in [1.82, 2.24) is 4.98 Å². The lowest BCUT2D eigenvalue weighted by Crippen LogP contribution is -1.84. The number of anilines is 1. The Hall–Kier alpha value is -3.72. The first-order valence-electron chi connectivity index (χ1n) is 9.00. The molecule has 0 saturated heterocycles. The quantitative estimate of drug-likeness (QED) is 0.335. The maximum absolute atomic E-state index is 6.19. The van der Waals surface area contributed by atoms with E-state index in [0.29, 0.717) is 0 Å².